The van der Waals surface area contributed by atoms with E-state index in [0.29, 0.717) is 17.0 Å². The molecular weight excluding hydrogens is 490 g/mol. The van der Waals surface area contributed by atoms with Crippen LogP contribution in [0.3, 0.4) is 0 Å². The molecule has 0 atom stereocenters. The molecule has 0 fully saturated rings. The largest absolute Gasteiger partial charge is 0.365 e. The van der Waals surface area contributed by atoms with Crippen LogP contribution in [0.2, 0.25) is 0 Å². The Morgan fingerprint density at radius 3 is 2.40 bits per heavy atom. The molecule has 0 aliphatic heterocycles. The second-order valence-electron chi connectivity index (χ2n) is 7.76. The number of hydrogen-bond donors (Lipinski definition) is 2. The second-order valence-corrected chi connectivity index (χ2v) is 8.76. The molecule has 9 nitrogen and oxygen atoms in total. The van der Waals surface area contributed by atoms with Crippen molar-refractivity contribution in [1.29, 1.82) is 0 Å². The van der Waals surface area contributed by atoms with E-state index in [9.17, 15) is 27.2 Å². The third kappa shape index (κ3) is 4.60. The highest BCUT2D eigenvalue weighted by Gasteiger charge is 2.26. The van der Waals surface area contributed by atoms with Crippen LogP contribution in [0, 0.1) is 13.8 Å². The van der Waals surface area contributed by atoms with Crippen LogP contribution in [-0.4, -0.2) is 36.4 Å². The predicted molar refractivity (Wildman–Crippen MR) is 121 cm³/mol. The lowest BCUT2D eigenvalue weighted by atomic mass is 10.0. The van der Waals surface area contributed by atoms with E-state index in [1.54, 1.807) is 20.2 Å². The number of nitrogens with zero attached hydrogens (tertiary/aromatic N) is 5. The Morgan fingerprint density at radius 2 is 1.83 bits per heavy atom. The molecule has 4 aromatic rings. The number of aryl methyl sites for hydroxylation is 3. The molecule has 35 heavy (non-hydrogen) atoms. The molecule has 0 aromatic carbocycles. The number of primary amides is 1. The summed E-state index contributed by atoms with van der Waals surface area (Å²) >= 11 is 0.742. The van der Waals surface area contributed by atoms with Gasteiger partial charge >= 0.3 is 0 Å². The Hall–Kier alpha value is -3.81. The number of fused-ring (bicyclic) bond motifs is 1. The normalized spacial score (nSPS) is 11.7. The number of nitrogens with two attached hydrogens (primary N) is 1. The topological polar surface area (TPSA) is 121 Å². The third-order valence-corrected chi connectivity index (χ3v) is 6.25. The van der Waals surface area contributed by atoms with Gasteiger partial charge in [0.2, 0.25) is 5.91 Å². The number of nitrogens with one attached hydrogen (secondary N) is 1. The van der Waals surface area contributed by atoms with Gasteiger partial charge in [-0.2, -0.15) is 10.2 Å². The first kappa shape index (κ1) is 24.3. The van der Waals surface area contributed by atoms with Gasteiger partial charge in [-0.3, -0.25) is 19.0 Å². The summed E-state index contributed by atoms with van der Waals surface area (Å²) in [5.41, 5.74) is 6.04. The van der Waals surface area contributed by atoms with Crippen LogP contribution in [0.5, 0.6) is 0 Å². The molecule has 4 heterocycles. The highest BCUT2D eigenvalue weighted by molar-refractivity contribution is 7.21. The van der Waals surface area contributed by atoms with Crippen molar-refractivity contribution >= 4 is 39.1 Å². The van der Waals surface area contributed by atoms with Gasteiger partial charge in [0.25, 0.3) is 18.8 Å². The fourth-order valence-corrected chi connectivity index (χ4v) is 4.80. The van der Waals surface area contributed by atoms with Crippen LogP contribution in [0.15, 0.2) is 18.3 Å². The van der Waals surface area contributed by atoms with E-state index in [1.165, 1.54) is 11.6 Å². The standard InChI is InChI=1S/C21H19F4N7O2S/c1-8-4-13(19(24)25)32(29-8)7-14(33)28-16-15-10(11-6-31(3)30-9(11)2)5-12(18(22)23)27-21(15)35-17(16)20(26)34/h4-6,18-19H,7H2,1-3H3,(H2,26,34)(H,28,33). The summed E-state index contributed by atoms with van der Waals surface area (Å²) < 4.78 is 56.2. The van der Waals surface area contributed by atoms with E-state index in [-0.39, 0.29) is 26.3 Å². The summed E-state index contributed by atoms with van der Waals surface area (Å²) in [7, 11) is 1.65. The zero-order valence-electron chi connectivity index (χ0n) is 18.6. The maximum absolute atomic E-state index is 13.6. The first-order valence-electron chi connectivity index (χ1n) is 10.1. The van der Waals surface area contributed by atoms with Crippen molar-refractivity contribution in [2.24, 2.45) is 12.8 Å². The monoisotopic (exact) mass is 509 g/mol. The average molecular weight is 509 g/mol. The number of aromatic nitrogens is 5. The molecule has 0 unspecified atom stereocenters. The van der Waals surface area contributed by atoms with Crippen LogP contribution in [0.1, 0.15) is 45.3 Å². The zero-order chi connectivity index (χ0) is 25.6. The van der Waals surface area contributed by atoms with E-state index in [4.69, 9.17) is 5.73 Å². The molecule has 184 valence electrons. The molecule has 0 aliphatic carbocycles. The van der Waals surface area contributed by atoms with E-state index in [1.807, 2.05) is 0 Å². The maximum Gasteiger partial charge on any atom is 0.280 e. The number of carbonyl (C=O) groups is 2. The summed E-state index contributed by atoms with van der Waals surface area (Å²) in [6.45, 7) is 2.61. The number of carbonyl (C=O) groups excluding carboxylic acids is 2. The Balaban J connectivity index is 1.87. The minimum Gasteiger partial charge on any atom is -0.365 e. The van der Waals surface area contributed by atoms with Gasteiger partial charge in [0.15, 0.2) is 0 Å². The lowest BCUT2D eigenvalue weighted by molar-refractivity contribution is -0.117. The molecule has 0 aliphatic rings. The van der Waals surface area contributed by atoms with Crippen molar-refractivity contribution in [2.45, 2.75) is 33.2 Å². The van der Waals surface area contributed by atoms with Gasteiger partial charge in [-0.1, -0.05) is 0 Å². The van der Waals surface area contributed by atoms with Gasteiger partial charge in [0.1, 0.15) is 27.6 Å². The van der Waals surface area contributed by atoms with E-state index >= 15 is 0 Å². The lowest BCUT2D eigenvalue weighted by Gasteiger charge is -2.11. The van der Waals surface area contributed by atoms with Crippen LogP contribution >= 0.6 is 11.3 Å². The van der Waals surface area contributed by atoms with Gasteiger partial charge in [-0.05, 0) is 31.5 Å². The van der Waals surface area contributed by atoms with Gasteiger partial charge in [0.05, 0.1) is 17.1 Å². The molecule has 0 saturated heterocycles. The van der Waals surface area contributed by atoms with Crippen molar-refractivity contribution in [3.05, 3.63) is 46.0 Å². The van der Waals surface area contributed by atoms with Crippen molar-refractivity contribution in [3.8, 4) is 11.1 Å². The van der Waals surface area contributed by atoms with Crippen LogP contribution in [0.4, 0.5) is 23.2 Å². The Labute approximate surface area is 199 Å². The number of alkyl halides is 4. The summed E-state index contributed by atoms with van der Waals surface area (Å²) in [6.07, 6.45) is -4.15. The molecule has 14 heteroatoms. The molecule has 3 N–H and O–H groups in total. The van der Waals surface area contributed by atoms with Crippen molar-refractivity contribution in [1.82, 2.24) is 24.5 Å². The molecule has 0 bridgehead atoms. The molecule has 0 saturated carbocycles. The molecule has 2 amide bonds. The van der Waals surface area contributed by atoms with Crippen molar-refractivity contribution in [3.63, 3.8) is 0 Å². The fourth-order valence-electron chi connectivity index (χ4n) is 3.78. The van der Waals surface area contributed by atoms with Crippen molar-refractivity contribution < 1.29 is 27.2 Å². The molecule has 0 radical (unpaired) electrons. The maximum atomic E-state index is 13.6. The predicted octanol–water partition coefficient (Wildman–Crippen LogP) is 4.12. The van der Waals surface area contributed by atoms with E-state index < -0.39 is 42.6 Å². The SMILES string of the molecule is Cc1cc(C(F)F)n(CC(=O)Nc2c(C(N)=O)sc3nc(C(F)F)cc(-c4cn(C)nc4C)c23)n1. The minimum atomic E-state index is -2.90. The fraction of sp³-hybridized carbons (Fsp3) is 0.286. The number of pyridine rings is 1. The van der Waals surface area contributed by atoms with Gasteiger partial charge in [-0.25, -0.2) is 22.5 Å². The van der Waals surface area contributed by atoms with Gasteiger partial charge in [-0.15, -0.1) is 11.3 Å². The molecule has 4 rings (SSSR count). The van der Waals surface area contributed by atoms with Crippen LogP contribution < -0.4 is 11.1 Å². The Kier molecular flexibility index (Phi) is 6.32. The first-order valence-corrected chi connectivity index (χ1v) is 11.0. The lowest BCUT2D eigenvalue weighted by Crippen LogP contribution is -2.22. The van der Waals surface area contributed by atoms with Crippen molar-refractivity contribution in [2.75, 3.05) is 5.32 Å². The van der Waals surface area contributed by atoms with Gasteiger partial charge < -0.3 is 11.1 Å². The van der Waals surface area contributed by atoms with E-state index in [2.05, 4.69) is 20.5 Å². The summed E-state index contributed by atoms with van der Waals surface area (Å²) in [4.78, 5) is 28.9. The number of rotatable bonds is 7. The highest BCUT2D eigenvalue weighted by Crippen LogP contribution is 2.43. The highest BCUT2D eigenvalue weighted by atomic mass is 32.1. The van der Waals surface area contributed by atoms with Gasteiger partial charge in [0, 0.05) is 24.2 Å². The number of anilines is 1. The molecular formula is C21H19F4N7O2S. The number of hydrogen-bond acceptors (Lipinski definition) is 6. The average Bonchev–Trinajstić information content (AvgIpc) is 3.42. The quantitative estimate of drug-likeness (QED) is 0.363. The Morgan fingerprint density at radius 1 is 1.11 bits per heavy atom. The van der Waals surface area contributed by atoms with E-state index in [0.717, 1.165) is 28.2 Å². The molecule has 4 aromatic heterocycles. The van der Waals surface area contributed by atoms with Crippen LogP contribution in [0.25, 0.3) is 21.3 Å². The third-order valence-electron chi connectivity index (χ3n) is 5.15. The first-order chi connectivity index (χ1) is 16.5. The molecule has 0 spiro atoms. The Bertz CT molecular complexity index is 1460. The summed E-state index contributed by atoms with van der Waals surface area (Å²) in [5, 5.41) is 10.9. The van der Waals surface area contributed by atoms with Crippen LogP contribution in [-0.2, 0) is 18.4 Å². The smallest absolute Gasteiger partial charge is 0.280 e. The zero-order valence-corrected chi connectivity index (χ0v) is 19.5. The number of halogens is 4. The summed E-state index contributed by atoms with van der Waals surface area (Å²) in [5.74, 6) is -1.69. The number of amides is 2. The number of thiophene rings is 1. The second kappa shape index (κ2) is 9.09. The summed E-state index contributed by atoms with van der Waals surface area (Å²) in [6, 6.07) is 2.32. The minimum absolute atomic E-state index is 0.0449.